The first-order chi connectivity index (χ1) is 6.24. The molecule has 0 aliphatic carbocycles. The number of hydrogen-bond acceptors (Lipinski definition) is 5. The van der Waals surface area contributed by atoms with Crippen molar-refractivity contribution in [2.24, 2.45) is 5.73 Å². The highest BCUT2D eigenvalue weighted by Crippen LogP contribution is 2.17. The average Bonchev–Trinajstić information content (AvgIpc) is 2.15. The topological polar surface area (TPSA) is 89.1 Å². The van der Waals surface area contributed by atoms with E-state index in [9.17, 15) is 4.79 Å². The summed E-state index contributed by atoms with van der Waals surface area (Å²) < 4.78 is 0. The molecule has 0 aromatic carbocycles. The van der Waals surface area contributed by atoms with E-state index in [0.29, 0.717) is 5.16 Å². The summed E-state index contributed by atoms with van der Waals surface area (Å²) in [6, 6.07) is 1.67. The van der Waals surface area contributed by atoms with Gasteiger partial charge in [-0.15, -0.1) is 0 Å². The standard InChI is InChI=1S/C7H9N3O2S/c8-4-5(6(11)12)13-7-9-2-1-3-10-7/h1-3,5H,4,8H2,(H,11,12). The predicted octanol–water partition coefficient (Wildman–Crippen LogP) is -0.0194. The Bertz CT molecular complexity index is 280. The molecule has 0 bridgehead atoms. The summed E-state index contributed by atoms with van der Waals surface area (Å²) in [6.45, 7) is 0.0677. The van der Waals surface area contributed by atoms with E-state index in [1.807, 2.05) is 0 Å². The van der Waals surface area contributed by atoms with Crippen LogP contribution in [-0.2, 0) is 4.79 Å². The van der Waals surface area contributed by atoms with E-state index in [2.05, 4.69) is 9.97 Å². The molecule has 1 rings (SSSR count). The second-order valence-electron chi connectivity index (χ2n) is 2.21. The smallest absolute Gasteiger partial charge is 0.318 e. The third-order valence-corrected chi connectivity index (χ3v) is 2.38. The number of carboxylic acid groups (broad SMARTS) is 1. The number of nitrogens with two attached hydrogens (primary N) is 1. The molecule has 1 atom stereocenters. The lowest BCUT2D eigenvalue weighted by Gasteiger charge is -2.06. The molecule has 1 heterocycles. The zero-order valence-electron chi connectivity index (χ0n) is 6.75. The Morgan fingerprint density at radius 1 is 1.62 bits per heavy atom. The van der Waals surface area contributed by atoms with Gasteiger partial charge in [0.15, 0.2) is 5.16 Å². The number of nitrogens with zero attached hydrogens (tertiary/aromatic N) is 2. The molecule has 5 nitrogen and oxygen atoms in total. The van der Waals surface area contributed by atoms with E-state index >= 15 is 0 Å². The van der Waals surface area contributed by atoms with Gasteiger partial charge in [0, 0.05) is 18.9 Å². The fourth-order valence-electron chi connectivity index (χ4n) is 0.673. The quantitative estimate of drug-likeness (QED) is 0.523. The number of thioether (sulfide) groups is 1. The normalized spacial score (nSPS) is 12.4. The minimum Gasteiger partial charge on any atom is -0.480 e. The van der Waals surface area contributed by atoms with Crippen LogP contribution in [0, 0.1) is 0 Å². The van der Waals surface area contributed by atoms with Crippen LogP contribution in [0.3, 0.4) is 0 Å². The molecular weight excluding hydrogens is 190 g/mol. The number of rotatable bonds is 4. The highest BCUT2D eigenvalue weighted by molar-refractivity contribution is 8.00. The Hall–Kier alpha value is -1.14. The second kappa shape index (κ2) is 4.78. The van der Waals surface area contributed by atoms with Crippen LogP contribution in [0.5, 0.6) is 0 Å². The van der Waals surface area contributed by atoms with Crippen LogP contribution in [0.4, 0.5) is 0 Å². The van der Waals surface area contributed by atoms with E-state index in [-0.39, 0.29) is 6.54 Å². The minimum atomic E-state index is -0.944. The van der Waals surface area contributed by atoms with Crippen molar-refractivity contribution >= 4 is 17.7 Å². The van der Waals surface area contributed by atoms with Gasteiger partial charge in [0.1, 0.15) is 5.25 Å². The second-order valence-corrected chi connectivity index (χ2v) is 3.38. The molecule has 1 aromatic rings. The fraction of sp³-hybridized carbons (Fsp3) is 0.286. The van der Waals surface area contributed by atoms with Gasteiger partial charge in [-0.1, -0.05) is 11.8 Å². The lowest BCUT2D eigenvalue weighted by molar-refractivity contribution is -0.136. The molecule has 0 amide bonds. The maximum absolute atomic E-state index is 10.6. The molecule has 0 spiro atoms. The number of aliphatic carboxylic acids is 1. The Balaban J connectivity index is 2.62. The van der Waals surface area contributed by atoms with Crippen LogP contribution in [0.25, 0.3) is 0 Å². The molecule has 0 saturated heterocycles. The van der Waals surface area contributed by atoms with Crippen molar-refractivity contribution in [3.05, 3.63) is 18.5 Å². The summed E-state index contributed by atoms with van der Waals surface area (Å²) in [5.74, 6) is -0.944. The van der Waals surface area contributed by atoms with Gasteiger partial charge in [-0.3, -0.25) is 4.79 Å². The van der Waals surface area contributed by atoms with Crippen molar-refractivity contribution < 1.29 is 9.90 Å². The van der Waals surface area contributed by atoms with Crippen molar-refractivity contribution in [1.29, 1.82) is 0 Å². The Kier molecular flexibility index (Phi) is 3.66. The highest BCUT2D eigenvalue weighted by atomic mass is 32.2. The van der Waals surface area contributed by atoms with Crippen molar-refractivity contribution in [3.63, 3.8) is 0 Å². The lowest BCUT2D eigenvalue weighted by atomic mass is 10.4. The van der Waals surface area contributed by atoms with Crippen molar-refractivity contribution in [2.75, 3.05) is 6.54 Å². The Morgan fingerprint density at radius 2 is 2.23 bits per heavy atom. The van der Waals surface area contributed by atoms with E-state index in [0.717, 1.165) is 11.8 Å². The predicted molar refractivity (Wildman–Crippen MR) is 48.4 cm³/mol. The zero-order valence-corrected chi connectivity index (χ0v) is 7.57. The van der Waals surface area contributed by atoms with Gasteiger partial charge in [0.2, 0.25) is 0 Å². The van der Waals surface area contributed by atoms with Gasteiger partial charge < -0.3 is 10.8 Å². The highest BCUT2D eigenvalue weighted by Gasteiger charge is 2.17. The maximum atomic E-state index is 10.6. The van der Waals surface area contributed by atoms with E-state index < -0.39 is 11.2 Å². The van der Waals surface area contributed by atoms with Gasteiger partial charge >= 0.3 is 5.97 Å². The molecule has 13 heavy (non-hydrogen) atoms. The summed E-state index contributed by atoms with van der Waals surface area (Å²) in [7, 11) is 0. The van der Waals surface area contributed by atoms with Gasteiger partial charge in [-0.2, -0.15) is 0 Å². The average molecular weight is 199 g/mol. The lowest BCUT2D eigenvalue weighted by Crippen LogP contribution is -2.26. The molecule has 1 unspecified atom stereocenters. The monoisotopic (exact) mass is 199 g/mol. The van der Waals surface area contributed by atoms with Crippen molar-refractivity contribution in [3.8, 4) is 0 Å². The SMILES string of the molecule is NCC(Sc1ncccn1)C(=O)O. The van der Waals surface area contributed by atoms with Crippen LogP contribution >= 0.6 is 11.8 Å². The van der Waals surface area contributed by atoms with Gasteiger partial charge in [-0.25, -0.2) is 9.97 Å². The number of carbonyl (C=O) groups is 1. The number of hydrogen-bond donors (Lipinski definition) is 2. The molecule has 70 valence electrons. The van der Waals surface area contributed by atoms with Crippen LogP contribution in [0.1, 0.15) is 0 Å². The summed E-state index contributed by atoms with van der Waals surface area (Å²) in [5, 5.41) is 8.43. The first-order valence-electron chi connectivity index (χ1n) is 3.60. The molecular formula is C7H9N3O2S. The van der Waals surface area contributed by atoms with Crippen LogP contribution in [-0.4, -0.2) is 32.8 Å². The Morgan fingerprint density at radius 3 is 2.69 bits per heavy atom. The van der Waals surface area contributed by atoms with Crippen molar-refractivity contribution in [2.45, 2.75) is 10.4 Å². The summed E-state index contributed by atoms with van der Waals surface area (Å²) in [6.07, 6.45) is 3.12. The number of aromatic nitrogens is 2. The Labute approximate surface area is 79.4 Å². The third-order valence-electron chi connectivity index (χ3n) is 1.28. The molecule has 6 heteroatoms. The van der Waals surface area contributed by atoms with E-state index in [1.165, 1.54) is 0 Å². The van der Waals surface area contributed by atoms with Gasteiger partial charge in [0.25, 0.3) is 0 Å². The maximum Gasteiger partial charge on any atom is 0.318 e. The minimum absolute atomic E-state index is 0.0677. The molecule has 0 fully saturated rings. The first kappa shape index (κ1) is 9.94. The fourth-order valence-corrected chi connectivity index (χ4v) is 1.37. The molecule has 0 saturated carbocycles. The summed E-state index contributed by atoms with van der Waals surface area (Å²) in [5.41, 5.74) is 5.26. The van der Waals surface area contributed by atoms with Crippen LogP contribution in [0.15, 0.2) is 23.6 Å². The molecule has 0 aliphatic heterocycles. The largest absolute Gasteiger partial charge is 0.480 e. The molecule has 1 aromatic heterocycles. The third kappa shape index (κ3) is 3.00. The number of carboxylic acids is 1. The van der Waals surface area contributed by atoms with Gasteiger partial charge in [0.05, 0.1) is 0 Å². The van der Waals surface area contributed by atoms with Gasteiger partial charge in [-0.05, 0) is 6.07 Å². The summed E-state index contributed by atoms with van der Waals surface area (Å²) in [4.78, 5) is 18.3. The zero-order chi connectivity index (χ0) is 9.68. The van der Waals surface area contributed by atoms with Crippen LogP contribution < -0.4 is 5.73 Å². The first-order valence-corrected chi connectivity index (χ1v) is 4.48. The molecule has 0 radical (unpaired) electrons. The van der Waals surface area contributed by atoms with Crippen molar-refractivity contribution in [1.82, 2.24) is 9.97 Å². The van der Waals surface area contributed by atoms with E-state index in [1.54, 1.807) is 18.5 Å². The van der Waals surface area contributed by atoms with Crippen LogP contribution in [0.2, 0.25) is 0 Å². The summed E-state index contributed by atoms with van der Waals surface area (Å²) >= 11 is 1.05. The molecule has 0 aliphatic rings. The molecule has 3 N–H and O–H groups in total. The van der Waals surface area contributed by atoms with E-state index in [4.69, 9.17) is 10.8 Å².